The summed E-state index contributed by atoms with van der Waals surface area (Å²) >= 11 is 0. The molecule has 6 nitrogen and oxygen atoms in total. The van der Waals surface area contributed by atoms with Gasteiger partial charge in [-0.25, -0.2) is 13.1 Å². The van der Waals surface area contributed by atoms with Gasteiger partial charge < -0.3 is 10.1 Å². The van der Waals surface area contributed by atoms with Crippen LogP contribution in [0, 0.1) is 0 Å². The van der Waals surface area contributed by atoms with Gasteiger partial charge in [0.2, 0.25) is 10.0 Å². The summed E-state index contributed by atoms with van der Waals surface area (Å²) in [5.74, 6) is 0. The zero-order chi connectivity index (χ0) is 14.1. The Morgan fingerprint density at radius 1 is 1.32 bits per heavy atom. The quantitative estimate of drug-likeness (QED) is 0.667. The van der Waals surface area contributed by atoms with E-state index in [0.29, 0.717) is 25.4 Å². The van der Waals surface area contributed by atoms with Crippen molar-refractivity contribution in [1.82, 2.24) is 9.71 Å². The van der Waals surface area contributed by atoms with Gasteiger partial charge in [-0.1, -0.05) is 6.92 Å². The van der Waals surface area contributed by atoms with E-state index in [0.717, 1.165) is 6.42 Å². The molecule has 19 heavy (non-hydrogen) atoms. The first-order valence-electron chi connectivity index (χ1n) is 6.37. The topological polar surface area (TPSA) is 80.3 Å². The molecule has 0 radical (unpaired) electrons. The van der Waals surface area contributed by atoms with E-state index in [4.69, 9.17) is 4.74 Å². The largest absolute Gasteiger partial charge is 0.384 e. The Labute approximate surface area is 114 Å². The fraction of sp³-hybridized carbons (Fsp3) is 0.583. The molecule has 0 bridgehead atoms. The van der Waals surface area contributed by atoms with Crippen LogP contribution >= 0.6 is 0 Å². The molecule has 1 heterocycles. The molecule has 0 amide bonds. The maximum atomic E-state index is 12.1. The molecule has 0 spiro atoms. The van der Waals surface area contributed by atoms with Crippen LogP contribution in [0.4, 0.5) is 5.69 Å². The van der Waals surface area contributed by atoms with Crippen LogP contribution in [0.5, 0.6) is 0 Å². The molecule has 0 saturated heterocycles. The number of rotatable bonds is 9. The van der Waals surface area contributed by atoms with Crippen molar-refractivity contribution in [3.63, 3.8) is 0 Å². The van der Waals surface area contributed by atoms with Gasteiger partial charge >= 0.3 is 0 Å². The van der Waals surface area contributed by atoms with Crippen molar-refractivity contribution in [3.05, 3.63) is 18.5 Å². The number of sulfonamides is 1. The zero-order valence-corrected chi connectivity index (χ0v) is 12.2. The van der Waals surface area contributed by atoms with E-state index in [-0.39, 0.29) is 11.4 Å². The third kappa shape index (κ3) is 5.14. The third-order valence-electron chi connectivity index (χ3n) is 2.38. The highest BCUT2D eigenvalue weighted by molar-refractivity contribution is 7.89. The van der Waals surface area contributed by atoms with Crippen molar-refractivity contribution >= 4 is 15.7 Å². The van der Waals surface area contributed by atoms with Gasteiger partial charge in [0, 0.05) is 32.1 Å². The molecule has 0 atom stereocenters. The molecule has 108 valence electrons. The smallest absolute Gasteiger partial charge is 0.244 e. The average molecular weight is 287 g/mol. The van der Waals surface area contributed by atoms with E-state index in [1.165, 1.54) is 6.20 Å². The molecule has 0 aliphatic heterocycles. The lowest BCUT2D eigenvalue weighted by atomic mass is 10.4. The van der Waals surface area contributed by atoms with Gasteiger partial charge in [0.25, 0.3) is 0 Å². The Bertz CT molecular complexity index is 477. The summed E-state index contributed by atoms with van der Waals surface area (Å²) in [6, 6.07) is 1.66. The Morgan fingerprint density at radius 3 is 2.79 bits per heavy atom. The molecule has 1 aromatic rings. The second kappa shape index (κ2) is 8.08. The number of nitrogens with zero attached hydrogens (tertiary/aromatic N) is 1. The molecular weight excluding hydrogens is 266 g/mol. The summed E-state index contributed by atoms with van der Waals surface area (Å²) in [5.41, 5.74) is 0.570. The average Bonchev–Trinajstić information content (AvgIpc) is 2.41. The first kappa shape index (κ1) is 15.9. The second-order valence-corrected chi connectivity index (χ2v) is 5.63. The van der Waals surface area contributed by atoms with Gasteiger partial charge in [-0.05, 0) is 19.4 Å². The summed E-state index contributed by atoms with van der Waals surface area (Å²) in [6.45, 7) is 5.76. The van der Waals surface area contributed by atoms with E-state index < -0.39 is 10.0 Å². The van der Waals surface area contributed by atoms with Crippen LogP contribution in [0.3, 0.4) is 0 Å². The van der Waals surface area contributed by atoms with Crippen molar-refractivity contribution in [2.75, 3.05) is 31.6 Å². The summed E-state index contributed by atoms with van der Waals surface area (Å²) < 4.78 is 31.9. The van der Waals surface area contributed by atoms with E-state index in [1.807, 2.05) is 13.8 Å². The predicted molar refractivity (Wildman–Crippen MR) is 74.7 cm³/mol. The van der Waals surface area contributed by atoms with Gasteiger partial charge in [0.1, 0.15) is 4.90 Å². The minimum atomic E-state index is -3.56. The zero-order valence-electron chi connectivity index (χ0n) is 11.3. The molecule has 0 saturated carbocycles. The van der Waals surface area contributed by atoms with Crippen LogP contribution in [0.15, 0.2) is 23.4 Å². The van der Waals surface area contributed by atoms with E-state index >= 15 is 0 Å². The highest BCUT2D eigenvalue weighted by Gasteiger charge is 2.17. The molecule has 0 aliphatic rings. The molecule has 0 fully saturated rings. The van der Waals surface area contributed by atoms with Crippen LogP contribution in [0.25, 0.3) is 0 Å². The standard InChI is InChI=1S/C12H21N3O3S/c1-3-6-14-11-5-7-13-10-12(11)19(16,17)15-8-9-18-4-2/h5,7,10,15H,3-4,6,8-9H2,1-2H3,(H,13,14). The van der Waals surface area contributed by atoms with Gasteiger partial charge in [-0.3, -0.25) is 4.98 Å². The Morgan fingerprint density at radius 2 is 2.11 bits per heavy atom. The van der Waals surface area contributed by atoms with Gasteiger partial charge in [-0.2, -0.15) is 0 Å². The van der Waals surface area contributed by atoms with E-state index in [2.05, 4.69) is 15.0 Å². The third-order valence-corrected chi connectivity index (χ3v) is 3.87. The molecule has 1 aromatic heterocycles. The number of ether oxygens (including phenoxy) is 1. The number of nitrogens with one attached hydrogen (secondary N) is 2. The van der Waals surface area contributed by atoms with Crippen LogP contribution < -0.4 is 10.0 Å². The predicted octanol–water partition coefficient (Wildman–Crippen LogP) is 1.22. The summed E-state index contributed by atoms with van der Waals surface area (Å²) in [7, 11) is -3.56. The Balaban J connectivity index is 2.76. The minimum Gasteiger partial charge on any atom is -0.384 e. The number of anilines is 1. The molecule has 2 N–H and O–H groups in total. The van der Waals surface area contributed by atoms with Crippen LogP contribution in [-0.2, 0) is 14.8 Å². The van der Waals surface area contributed by atoms with Gasteiger partial charge in [0.15, 0.2) is 0 Å². The SMILES string of the molecule is CCCNc1ccncc1S(=O)(=O)NCCOCC. The molecular formula is C12H21N3O3S. The molecule has 0 aromatic carbocycles. The van der Waals surface area contributed by atoms with Gasteiger partial charge in [0.05, 0.1) is 12.3 Å². The molecule has 1 rings (SSSR count). The highest BCUT2D eigenvalue weighted by Crippen LogP contribution is 2.19. The van der Waals surface area contributed by atoms with Crippen molar-refractivity contribution in [3.8, 4) is 0 Å². The van der Waals surface area contributed by atoms with Crippen LogP contribution in [-0.4, -0.2) is 39.7 Å². The normalized spacial score (nSPS) is 11.5. The lowest BCUT2D eigenvalue weighted by molar-refractivity contribution is 0.153. The van der Waals surface area contributed by atoms with Crippen molar-refractivity contribution in [1.29, 1.82) is 0 Å². The van der Waals surface area contributed by atoms with Crippen LogP contribution in [0.2, 0.25) is 0 Å². The molecule has 0 unspecified atom stereocenters. The Hall–Kier alpha value is -1.18. The number of aromatic nitrogens is 1. The first-order chi connectivity index (χ1) is 9.11. The highest BCUT2D eigenvalue weighted by atomic mass is 32.2. The lowest BCUT2D eigenvalue weighted by Gasteiger charge is -2.12. The fourth-order valence-electron chi connectivity index (χ4n) is 1.47. The summed E-state index contributed by atoms with van der Waals surface area (Å²) in [6.07, 6.45) is 3.83. The number of hydrogen-bond acceptors (Lipinski definition) is 5. The maximum absolute atomic E-state index is 12.1. The van der Waals surface area contributed by atoms with E-state index in [9.17, 15) is 8.42 Å². The fourth-order valence-corrected chi connectivity index (χ4v) is 2.61. The Kier molecular flexibility index (Phi) is 6.75. The van der Waals surface area contributed by atoms with Crippen molar-refractivity contribution in [2.45, 2.75) is 25.2 Å². The van der Waals surface area contributed by atoms with Crippen molar-refractivity contribution < 1.29 is 13.2 Å². The molecule has 7 heteroatoms. The summed E-state index contributed by atoms with van der Waals surface area (Å²) in [5, 5.41) is 3.08. The number of hydrogen-bond donors (Lipinski definition) is 2. The maximum Gasteiger partial charge on any atom is 0.244 e. The second-order valence-electron chi connectivity index (χ2n) is 3.89. The van der Waals surface area contributed by atoms with Crippen molar-refractivity contribution in [2.24, 2.45) is 0 Å². The minimum absolute atomic E-state index is 0.167. The van der Waals surface area contributed by atoms with Crippen LogP contribution in [0.1, 0.15) is 20.3 Å². The lowest BCUT2D eigenvalue weighted by Crippen LogP contribution is -2.28. The first-order valence-corrected chi connectivity index (χ1v) is 7.85. The van der Waals surface area contributed by atoms with E-state index in [1.54, 1.807) is 12.3 Å². The molecule has 0 aliphatic carbocycles. The summed E-state index contributed by atoms with van der Waals surface area (Å²) in [4.78, 5) is 4.04. The van der Waals surface area contributed by atoms with Gasteiger partial charge in [-0.15, -0.1) is 0 Å². The number of pyridine rings is 1. The monoisotopic (exact) mass is 287 g/mol.